The van der Waals surface area contributed by atoms with Crippen LogP contribution in [-0.4, -0.2) is 63.3 Å². The highest BCUT2D eigenvalue weighted by Gasteiger charge is 2.29. The molecule has 9 nitrogen and oxygen atoms in total. The Bertz CT molecular complexity index is 854. The maximum absolute atomic E-state index is 12.4. The van der Waals surface area contributed by atoms with Crippen LogP contribution in [0.4, 0.5) is 10.7 Å². The summed E-state index contributed by atoms with van der Waals surface area (Å²) >= 11 is 0. The summed E-state index contributed by atoms with van der Waals surface area (Å²) in [5.41, 5.74) is 0.924. The van der Waals surface area contributed by atoms with Gasteiger partial charge in [-0.1, -0.05) is 0 Å². The number of hydrogen-bond donors (Lipinski definition) is 0. The van der Waals surface area contributed by atoms with E-state index in [1.807, 2.05) is 11.9 Å². The van der Waals surface area contributed by atoms with Crippen molar-refractivity contribution >= 4 is 12.0 Å². The van der Waals surface area contributed by atoms with Crippen LogP contribution in [-0.2, 0) is 11.8 Å². The lowest BCUT2D eigenvalue weighted by Gasteiger charge is -2.37. The summed E-state index contributed by atoms with van der Waals surface area (Å²) in [5.74, 6) is 0.534. The Hall–Kier alpha value is -2.97. The van der Waals surface area contributed by atoms with Crippen molar-refractivity contribution in [1.29, 1.82) is 0 Å². The second kappa shape index (κ2) is 8.15. The van der Waals surface area contributed by atoms with E-state index in [9.17, 15) is 9.59 Å². The number of nitrogens with zero attached hydrogens (tertiary/aromatic N) is 6. The van der Waals surface area contributed by atoms with Gasteiger partial charge in [-0.05, 0) is 25.8 Å². The first-order valence-electron chi connectivity index (χ1n) is 9.00. The number of likely N-dealkylation sites (N-methyl/N-ethyl adjacent to an activating group) is 1. The van der Waals surface area contributed by atoms with Gasteiger partial charge in [0, 0.05) is 45.5 Å². The van der Waals surface area contributed by atoms with Gasteiger partial charge in [0.05, 0.1) is 18.0 Å². The van der Waals surface area contributed by atoms with E-state index in [0.717, 1.165) is 12.8 Å². The summed E-state index contributed by atoms with van der Waals surface area (Å²) in [4.78, 5) is 40.9. The lowest BCUT2D eigenvalue weighted by atomic mass is 10.1. The van der Waals surface area contributed by atoms with Crippen LogP contribution in [0.5, 0.6) is 0 Å². The molecule has 1 amide bonds. The van der Waals surface area contributed by atoms with Crippen molar-refractivity contribution < 1.29 is 9.53 Å². The number of likely N-dealkylation sites (tertiary alicyclic amines) is 1. The Morgan fingerprint density at radius 2 is 2.22 bits per heavy atom. The normalized spacial score (nSPS) is 16.9. The van der Waals surface area contributed by atoms with Gasteiger partial charge in [-0.3, -0.25) is 9.36 Å². The number of ether oxygens (including phenoxy) is 1. The fourth-order valence-corrected chi connectivity index (χ4v) is 3.23. The fraction of sp³-hybridized carbons (Fsp3) is 0.500. The third-order valence-corrected chi connectivity index (χ3v) is 4.74. The highest BCUT2D eigenvalue weighted by molar-refractivity contribution is 5.68. The third kappa shape index (κ3) is 4.07. The number of anilines is 1. The van der Waals surface area contributed by atoms with Crippen LogP contribution < -0.4 is 10.5 Å². The molecule has 3 rings (SSSR count). The molecule has 0 saturated carbocycles. The molecule has 0 aliphatic carbocycles. The maximum atomic E-state index is 12.4. The molecule has 144 valence electrons. The van der Waals surface area contributed by atoms with Crippen LogP contribution in [0.2, 0.25) is 0 Å². The molecule has 0 unspecified atom stereocenters. The molecule has 3 heterocycles. The monoisotopic (exact) mass is 372 g/mol. The number of amides is 1. The molecule has 9 heteroatoms. The van der Waals surface area contributed by atoms with Gasteiger partial charge in [-0.2, -0.15) is 0 Å². The molecule has 2 aromatic heterocycles. The van der Waals surface area contributed by atoms with Crippen LogP contribution in [0.15, 0.2) is 29.5 Å². The van der Waals surface area contributed by atoms with Gasteiger partial charge in [-0.25, -0.2) is 19.7 Å². The Balaban J connectivity index is 1.88. The zero-order valence-electron chi connectivity index (χ0n) is 15.8. The molecule has 0 bridgehead atoms. The first kappa shape index (κ1) is 18.8. The fourth-order valence-electron chi connectivity index (χ4n) is 3.23. The number of carbonyl (C=O) groups excluding carboxylic acids is 1. The minimum Gasteiger partial charge on any atom is -0.450 e. The van der Waals surface area contributed by atoms with Crippen LogP contribution in [0, 0.1) is 0 Å². The van der Waals surface area contributed by atoms with E-state index in [-0.39, 0.29) is 17.7 Å². The van der Waals surface area contributed by atoms with Crippen LogP contribution >= 0.6 is 0 Å². The van der Waals surface area contributed by atoms with Gasteiger partial charge in [0.2, 0.25) is 5.95 Å². The molecular formula is C18H24N6O3. The summed E-state index contributed by atoms with van der Waals surface area (Å²) in [6.07, 6.45) is 4.51. The van der Waals surface area contributed by atoms with Gasteiger partial charge in [-0.15, -0.1) is 0 Å². The van der Waals surface area contributed by atoms with Gasteiger partial charge in [0.1, 0.15) is 6.33 Å². The van der Waals surface area contributed by atoms with Crippen molar-refractivity contribution in [1.82, 2.24) is 24.4 Å². The minimum atomic E-state index is -0.299. The highest BCUT2D eigenvalue weighted by atomic mass is 16.6. The van der Waals surface area contributed by atoms with E-state index in [4.69, 9.17) is 4.74 Å². The molecule has 1 atom stereocenters. The van der Waals surface area contributed by atoms with E-state index in [1.54, 1.807) is 31.1 Å². The van der Waals surface area contributed by atoms with E-state index in [0.29, 0.717) is 37.0 Å². The predicted octanol–water partition coefficient (Wildman–Crippen LogP) is 1.29. The molecule has 0 spiro atoms. The molecule has 1 aliphatic rings. The summed E-state index contributed by atoms with van der Waals surface area (Å²) in [6.45, 7) is 3.36. The maximum Gasteiger partial charge on any atom is 0.409 e. The van der Waals surface area contributed by atoms with Crippen molar-refractivity contribution in [3.05, 3.63) is 35.0 Å². The second-order valence-corrected chi connectivity index (χ2v) is 6.49. The highest BCUT2D eigenvalue weighted by Crippen LogP contribution is 2.21. The third-order valence-electron chi connectivity index (χ3n) is 4.74. The van der Waals surface area contributed by atoms with Gasteiger partial charge >= 0.3 is 6.09 Å². The Morgan fingerprint density at radius 1 is 1.41 bits per heavy atom. The summed E-state index contributed by atoms with van der Waals surface area (Å²) in [6, 6.07) is 3.22. The number of hydrogen-bond acceptors (Lipinski definition) is 7. The number of rotatable bonds is 4. The molecule has 0 aromatic carbocycles. The van der Waals surface area contributed by atoms with Crippen molar-refractivity contribution in [3.8, 4) is 11.4 Å². The first-order chi connectivity index (χ1) is 13.0. The lowest BCUT2D eigenvalue weighted by molar-refractivity contribution is 0.0957. The van der Waals surface area contributed by atoms with Crippen molar-refractivity contribution in [2.45, 2.75) is 25.8 Å². The molecule has 2 aromatic rings. The van der Waals surface area contributed by atoms with Crippen molar-refractivity contribution in [2.24, 2.45) is 7.05 Å². The lowest BCUT2D eigenvalue weighted by Crippen LogP contribution is -2.50. The molecule has 0 radical (unpaired) electrons. The minimum absolute atomic E-state index is 0.0434. The van der Waals surface area contributed by atoms with Gasteiger partial charge in [0.15, 0.2) is 0 Å². The quantitative estimate of drug-likeness (QED) is 0.798. The molecule has 1 saturated heterocycles. The standard InChI is InChI=1S/C18H24N6O3/c1-4-27-18(26)24-9-5-6-13(11-24)22(2)17-21-15(10-16(25)23(17)3)14-7-8-19-12-20-14/h7-8,10,12-13H,4-6,9,11H2,1-3H3/t13-/m1/s1. The van der Waals surface area contributed by atoms with Crippen molar-refractivity contribution in [3.63, 3.8) is 0 Å². The summed E-state index contributed by atoms with van der Waals surface area (Å²) in [5, 5.41) is 0. The van der Waals surface area contributed by atoms with E-state index >= 15 is 0 Å². The zero-order valence-corrected chi connectivity index (χ0v) is 15.8. The number of aromatic nitrogens is 4. The number of piperidine rings is 1. The largest absolute Gasteiger partial charge is 0.450 e. The Labute approximate surface area is 157 Å². The predicted molar refractivity (Wildman–Crippen MR) is 101 cm³/mol. The smallest absolute Gasteiger partial charge is 0.409 e. The number of carbonyl (C=O) groups is 1. The van der Waals surface area contributed by atoms with Gasteiger partial charge < -0.3 is 14.5 Å². The summed E-state index contributed by atoms with van der Waals surface area (Å²) < 4.78 is 6.63. The van der Waals surface area contributed by atoms with Crippen LogP contribution in [0.25, 0.3) is 11.4 Å². The average Bonchev–Trinajstić information content (AvgIpc) is 2.70. The Kier molecular flexibility index (Phi) is 5.68. The zero-order chi connectivity index (χ0) is 19.4. The molecular weight excluding hydrogens is 348 g/mol. The molecule has 0 N–H and O–H groups in total. The molecule has 1 aliphatic heterocycles. The molecule has 27 heavy (non-hydrogen) atoms. The topological polar surface area (TPSA) is 93.5 Å². The van der Waals surface area contributed by atoms with Crippen LogP contribution in [0.3, 0.4) is 0 Å². The second-order valence-electron chi connectivity index (χ2n) is 6.49. The van der Waals surface area contributed by atoms with Crippen molar-refractivity contribution in [2.75, 3.05) is 31.6 Å². The SMILES string of the molecule is CCOC(=O)N1CCC[C@@H](N(C)c2nc(-c3ccncn3)cc(=O)n2C)C1. The Morgan fingerprint density at radius 3 is 2.93 bits per heavy atom. The molecule has 1 fully saturated rings. The first-order valence-corrected chi connectivity index (χ1v) is 9.00. The van der Waals surface area contributed by atoms with E-state index in [2.05, 4.69) is 15.0 Å². The van der Waals surface area contributed by atoms with Crippen LogP contribution in [0.1, 0.15) is 19.8 Å². The van der Waals surface area contributed by atoms with Gasteiger partial charge in [0.25, 0.3) is 5.56 Å². The summed E-state index contributed by atoms with van der Waals surface area (Å²) in [7, 11) is 3.59. The van der Waals surface area contributed by atoms with E-state index in [1.165, 1.54) is 17.0 Å². The average molecular weight is 372 g/mol. The van der Waals surface area contributed by atoms with E-state index < -0.39 is 0 Å².